The molecule has 0 saturated carbocycles. The Morgan fingerprint density at radius 2 is 1.89 bits per heavy atom. The summed E-state index contributed by atoms with van der Waals surface area (Å²) in [6.07, 6.45) is 1.03. The Morgan fingerprint density at radius 3 is 2.33 bits per heavy atom. The molecule has 0 spiro atoms. The molecule has 1 saturated heterocycles. The van der Waals surface area contributed by atoms with Gasteiger partial charge in [0, 0.05) is 19.3 Å². The number of sulfone groups is 1. The van der Waals surface area contributed by atoms with Crippen LogP contribution < -0.4 is 5.32 Å². The number of rotatable bonds is 2. The smallest absolute Gasteiger partial charge is 0.245 e. The monoisotopic (exact) mass is 276 g/mol. The minimum Gasteiger partial charge on any atom is -0.352 e. The summed E-state index contributed by atoms with van der Waals surface area (Å²) < 4.78 is 21.8. The van der Waals surface area contributed by atoms with E-state index < -0.39 is 26.0 Å². The fourth-order valence-electron chi connectivity index (χ4n) is 1.74. The van der Waals surface area contributed by atoms with E-state index in [1.807, 2.05) is 0 Å². The standard InChI is InChI=1S/C11H20N2O4S/c1-10(2)8(14)12-6-7-13(10)9(15)11(3,4)18(5,16)17/h6-7H2,1-5H3,(H,12,14). The first-order valence-electron chi connectivity index (χ1n) is 5.72. The molecule has 0 unspecified atom stereocenters. The summed E-state index contributed by atoms with van der Waals surface area (Å²) in [6.45, 7) is 6.61. The molecule has 18 heavy (non-hydrogen) atoms. The molecule has 1 aliphatic rings. The van der Waals surface area contributed by atoms with E-state index in [1.54, 1.807) is 13.8 Å². The number of nitrogens with zero attached hydrogens (tertiary/aromatic N) is 1. The van der Waals surface area contributed by atoms with Crippen LogP contribution in [0.5, 0.6) is 0 Å². The third-order valence-electron chi connectivity index (χ3n) is 3.54. The number of carbonyl (C=O) groups is 2. The van der Waals surface area contributed by atoms with Gasteiger partial charge in [-0.15, -0.1) is 0 Å². The highest BCUT2D eigenvalue weighted by Gasteiger charge is 2.48. The second-order valence-electron chi connectivity index (χ2n) is 5.55. The fourth-order valence-corrected chi connectivity index (χ4v) is 2.17. The van der Waals surface area contributed by atoms with Gasteiger partial charge in [-0.3, -0.25) is 9.59 Å². The number of piperazine rings is 1. The van der Waals surface area contributed by atoms with Crippen molar-refractivity contribution < 1.29 is 18.0 Å². The molecule has 0 aromatic rings. The van der Waals surface area contributed by atoms with Gasteiger partial charge in [0.2, 0.25) is 11.8 Å². The lowest BCUT2D eigenvalue weighted by Crippen LogP contribution is -2.67. The molecule has 0 atom stereocenters. The van der Waals surface area contributed by atoms with Crippen molar-refractivity contribution in [1.29, 1.82) is 0 Å². The van der Waals surface area contributed by atoms with Crippen molar-refractivity contribution in [1.82, 2.24) is 10.2 Å². The Bertz CT molecular complexity index is 479. The first kappa shape index (κ1) is 14.9. The number of carbonyl (C=O) groups excluding carboxylic acids is 2. The van der Waals surface area contributed by atoms with E-state index in [-0.39, 0.29) is 5.91 Å². The van der Waals surface area contributed by atoms with E-state index in [0.717, 1.165) is 6.26 Å². The first-order chi connectivity index (χ1) is 7.92. The van der Waals surface area contributed by atoms with Crippen LogP contribution in [0.2, 0.25) is 0 Å². The third kappa shape index (κ3) is 2.23. The maximum atomic E-state index is 12.4. The Balaban J connectivity index is 3.15. The molecule has 0 aliphatic carbocycles. The van der Waals surface area contributed by atoms with Crippen molar-refractivity contribution in [2.75, 3.05) is 19.3 Å². The van der Waals surface area contributed by atoms with Crippen LogP contribution in [0.1, 0.15) is 27.7 Å². The molecule has 2 amide bonds. The molecular formula is C11H20N2O4S. The highest BCUT2D eigenvalue weighted by atomic mass is 32.2. The van der Waals surface area contributed by atoms with Crippen molar-refractivity contribution in [2.24, 2.45) is 0 Å². The molecule has 1 N–H and O–H groups in total. The van der Waals surface area contributed by atoms with Gasteiger partial charge >= 0.3 is 0 Å². The summed E-state index contributed by atoms with van der Waals surface area (Å²) in [4.78, 5) is 25.5. The average molecular weight is 276 g/mol. The molecule has 1 fully saturated rings. The van der Waals surface area contributed by atoms with E-state index in [1.165, 1.54) is 18.7 Å². The van der Waals surface area contributed by atoms with Crippen LogP contribution in [0, 0.1) is 0 Å². The lowest BCUT2D eigenvalue weighted by Gasteiger charge is -2.44. The Hall–Kier alpha value is -1.11. The van der Waals surface area contributed by atoms with E-state index in [0.29, 0.717) is 13.1 Å². The maximum Gasteiger partial charge on any atom is 0.245 e. The number of nitrogens with one attached hydrogen (secondary N) is 1. The molecule has 1 heterocycles. The molecule has 1 aliphatic heterocycles. The zero-order valence-corrected chi connectivity index (χ0v) is 12.2. The van der Waals surface area contributed by atoms with Crippen molar-refractivity contribution >= 4 is 21.7 Å². The SMILES string of the molecule is CC1(C)C(=O)NCCN1C(=O)C(C)(C)S(C)(=O)=O. The van der Waals surface area contributed by atoms with Crippen molar-refractivity contribution in [2.45, 2.75) is 38.0 Å². The number of amides is 2. The predicted octanol–water partition coefficient (Wildman–Crippen LogP) is -0.453. The first-order valence-corrected chi connectivity index (χ1v) is 7.61. The van der Waals surface area contributed by atoms with Gasteiger partial charge in [0.25, 0.3) is 0 Å². The lowest BCUT2D eigenvalue weighted by atomic mass is 9.96. The summed E-state index contributed by atoms with van der Waals surface area (Å²) >= 11 is 0. The van der Waals surface area contributed by atoms with Gasteiger partial charge in [0.1, 0.15) is 10.3 Å². The zero-order valence-electron chi connectivity index (χ0n) is 11.4. The lowest BCUT2D eigenvalue weighted by molar-refractivity contribution is -0.150. The van der Waals surface area contributed by atoms with Crippen LogP contribution in [-0.2, 0) is 19.4 Å². The molecule has 6 nitrogen and oxygen atoms in total. The number of hydrogen-bond donors (Lipinski definition) is 1. The topological polar surface area (TPSA) is 83.6 Å². The van der Waals surface area contributed by atoms with Crippen LogP contribution >= 0.6 is 0 Å². The zero-order chi connectivity index (χ0) is 14.4. The van der Waals surface area contributed by atoms with Crippen LogP contribution in [0.3, 0.4) is 0 Å². The van der Waals surface area contributed by atoms with Crippen molar-refractivity contribution in [3.05, 3.63) is 0 Å². The summed E-state index contributed by atoms with van der Waals surface area (Å²) in [5, 5.41) is 2.67. The molecule has 7 heteroatoms. The molecular weight excluding hydrogens is 256 g/mol. The maximum absolute atomic E-state index is 12.4. The van der Waals surface area contributed by atoms with Gasteiger partial charge < -0.3 is 10.2 Å². The molecule has 0 bridgehead atoms. The number of hydrogen-bond acceptors (Lipinski definition) is 4. The molecule has 104 valence electrons. The Kier molecular flexibility index (Phi) is 3.51. The van der Waals surface area contributed by atoms with E-state index in [2.05, 4.69) is 5.32 Å². The third-order valence-corrected chi connectivity index (χ3v) is 5.57. The minimum absolute atomic E-state index is 0.272. The molecule has 1 rings (SSSR count). The molecule has 0 aromatic carbocycles. The Labute approximate surface area is 108 Å². The predicted molar refractivity (Wildman–Crippen MR) is 67.7 cm³/mol. The van der Waals surface area contributed by atoms with Crippen LogP contribution in [0.4, 0.5) is 0 Å². The Morgan fingerprint density at radius 1 is 1.39 bits per heavy atom. The highest BCUT2D eigenvalue weighted by Crippen LogP contribution is 2.25. The van der Waals surface area contributed by atoms with E-state index in [9.17, 15) is 18.0 Å². The summed E-state index contributed by atoms with van der Waals surface area (Å²) in [6, 6.07) is 0. The van der Waals surface area contributed by atoms with Crippen LogP contribution in [0.25, 0.3) is 0 Å². The van der Waals surface area contributed by atoms with Gasteiger partial charge in [-0.05, 0) is 27.7 Å². The van der Waals surface area contributed by atoms with Crippen LogP contribution in [-0.4, -0.2) is 54.8 Å². The summed E-state index contributed by atoms with van der Waals surface area (Å²) in [5.41, 5.74) is -1.03. The van der Waals surface area contributed by atoms with E-state index in [4.69, 9.17) is 0 Å². The fraction of sp³-hybridized carbons (Fsp3) is 0.818. The van der Waals surface area contributed by atoms with Crippen molar-refractivity contribution in [3.8, 4) is 0 Å². The summed E-state index contributed by atoms with van der Waals surface area (Å²) in [5.74, 6) is -0.809. The van der Waals surface area contributed by atoms with Gasteiger partial charge in [-0.25, -0.2) is 8.42 Å². The van der Waals surface area contributed by atoms with Gasteiger partial charge in [0.15, 0.2) is 9.84 Å². The molecule has 0 aromatic heterocycles. The second kappa shape index (κ2) is 4.22. The highest BCUT2D eigenvalue weighted by molar-refractivity contribution is 7.92. The largest absolute Gasteiger partial charge is 0.352 e. The second-order valence-corrected chi connectivity index (χ2v) is 8.12. The van der Waals surface area contributed by atoms with Gasteiger partial charge in [0.05, 0.1) is 0 Å². The summed E-state index contributed by atoms with van der Waals surface area (Å²) in [7, 11) is -3.54. The van der Waals surface area contributed by atoms with Crippen LogP contribution in [0.15, 0.2) is 0 Å². The van der Waals surface area contributed by atoms with E-state index >= 15 is 0 Å². The van der Waals surface area contributed by atoms with Crippen molar-refractivity contribution in [3.63, 3.8) is 0 Å². The normalized spacial score (nSPS) is 20.5. The quantitative estimate of drug-likeness (QED) is 0.740. The average Bonchev–Trinajstić information content (AvgIpc) is 2.19. The minimum atomic E-state index is -3.54. The van der Waals surface area contributed by atoms with Gasteiger partial charge in [-0.1, -0.05) is 0 Å². The van der Waals surface area contributed by atoms with Gasteiger partial charge in [-0.2, -0.15) is 0 Å². The molecule has 0 radical (unpaired) electrons.